The first-order valence-corrected chi connectivity index (χ1v) is 4.46. The standard InChI is InChI=1S/C9H15NO2/c1-9-3-4-10(6-9)5-7(9)8(11)12-2/h7H,3-6H2,1-2H3. The van der Waals surface area contributed by atoms with E-state index in [1.165, 1.54) is 7.11 Å². The summed E-state index contributed by atoms with van der Waals surface area (Å²) in [5.41, 5.74) is 0.201. The topological polar surface area (TPSA) is 29.5 Å². The molecule has 0 aromatic carbocycles. The zero-order chi connectivity index (χ0) is 8.77. The van der Waals surface area contributed by atoms with Crippen LogP contribution in [0.3, 0.4) is 0 Å². The molecule has 0 N–H and O–H groups in total. The Morgan fingerprint density at radius 2 is 2.42 bits per heavy atom. The van der Waals surface area contributed by atoms with E-state index in [1.807, 2.05) is 0 Å². The lowest BCUT2D eigenvalue weighted by molar-refractivity contribution is -0.148. The van der Waals surface area contributed by atoms with E-state index >= 15 is 0 Å². The minimum absolute atomic E-state index is 0.0281. The van der Waals surface area contributed by atoms with Gasteiger partial charge in [-0.2, -0.15) is 0 Å². The van der Waals surface area contributed by atoms with Gasteiger partial charge >= 0.3 is 5.97 Å². The van der Waals surface area contributed by atoms with Crippen molar-refractivity contribution in [2.24, 2.45) is 11.3 Å². The van der Waals surface area contributed by atoms with Crippen molar-refractivity contribution in [3.8, 4) is 0 Å². The Balaban J connectivity index is 2.14. The molecule has 2 aliphatic heterocycles. The maximum Gasteiger partial charge on any atom is 0.310 e. The smallest absolute Gasteiger partial charge is 0.310 e. The van der Waals surface area contributed by atoms with Crippen LogP contribution in [0.1, 0.15) is 13.3 Å². The number of fused-ring (bicyclic) bond motifs is 2. The van der Waals surface area contributed by atoms with E-state index in [0.717, 1.165) is 26.1 Å². The average Bonchev–Trinajstić information content (AvgIpc) is 2.57. The second-order valence-electron chi connectivity index (χ2n) is 4.21. The predicted octanol–water partition coefficient (Wildman–Crippen LogP) is 0.501. The highest BCUT2D eigenvalue weighted by Gasteiger charge is 2.51. The van der Waals surface area contributed by atoms with Gasteiger partial charge in [0.25, 0.3) is 0 Å². The molecule has 2 saturated heterocycles. The lowest BCUT2D eigenvalue weighted by Gasteiger charge is -2.27. The van der Waals surface area contributed by atoms with Crippen LogP contribution in [-0.4, -0.2) is 37.6 Å². The largest absolute Gasteiger partial charge is 0.469 e. The maximum absolute atomic E-state index is 11.4. The fourth-order valence-corrected chi connectivity index (χ4v) is 2.50. The third-order valence-corrected chi connectivity index (χ3v) is 3.35. The van der Waals surface area contributed by atoms with Crippen molar-refractivity contribution in [1.29, 1.82) is 0 Å². The first-order chi connectivity index (χ1) is 5.65. The van der Waals surface area contributed by atoms with Gasteiger partial charge in [-0.1, -0.05) is 6.92 Å². The number of ether oxygens (including phenoxy) is 1. The summed E-state index contributed by atoms with van der Waals surface area (Å²) in [5.74, 6) is 0.0935. The van der Waals surface area contributed by atoms with Crippen molar-refractivity contribution in [2.75, 3.05) is 26.7 Å². The molecule has 2 heterocycles. The van der Waals surface area contributed by atoms with Gasteiger partial charge in [0.1, 0.15) is 0 Å². The first-order valence-electron chi connectivity index (χ1n) is 4.46. The van der Waals surface area contributed by atoms with E-state index in [2.05, 4.69) is 11.8 Å². The number of carbonyl (C=O) groups excluding carboxylic acids is 1. The fourth-order valence-electron chi connectivity index (χ4n) is 2.50. The molecule has 0 spiro atoms. The summed E-state index contributed by atoms with van der Waals surface area (Å²) >= 11 is 0. The highest BCUT2D eigenvalue weighted by molar-refractivity contribution is 5.74. The summed E-state index contributed by atoms with van der Waals surface area (Å²) in [5, 5.41) is 0. The number of carbonyl (C=O) groups is 1. The summed E-state index contributed by atoms with van der Waals surface area (Å²) in [4.78, 5) is 13.7. The Bertz CT molecular complexity index is 217. The highest BCUT2D eigenvalue weighted by atomic mass is 16.5. The molecule has 0 saturated carbocycles. The third kappa shape index (κ3) is 0.959. The lowest BCUT2D eigenvalue weighted by atomic mass is 9.77. The van der Waals surface area contributed by atoms with Crippen LogP contribution >= 0.6 is 0 Å². The van der Waals surface area contributed by atoms with Gasteiger partial charge in [-0.05, 0) is 18.4 Å². The molecule has 2 rings (SSSR count). The number of piperidine rings is 1. The van der Waals surface area contributed by atoms with Gasteiger partial charge in [-0.25, -0.2) is 0 Å². The molecule has 2 bridgehead atoms. The van der Waals surface area contributed by atoms with Gasteiger partial charge in [-0.15, -0.1) is 0 Å². The minimum atomic E-state index is -0.0281. The van der Waals surface area contributed by atoms with Gasteiger partial charge < -0.3 is 9.64 Å². The number of methoxy groups -OCH3 is 1. The van der Waals surface area contributed by atoms with Crippen LogP contribution in [0.15, 0.2) is 0 Å². The summed E-state index contributed by atoms with van der Waals surface area (Å²) in [6, 6.07) is 0. The number of nitrogens with zero attached hydrogens (tertiary/aromatic N) is 1. The molecular weight excluding hydrogens is 154 g/mol. The minimum Gasteiger partial charge on any atom is -0.469 e. The Kier molecular flexibility index (Phi) is 1.65. The molecule has 3 heteroatoms. The van der Waals surface area contributed by atoms with E-state index in [1.54, 1.807) is 0 Å². The maximum atomic E-state index is 11.4. The van der Waals surface area contributed by atoms with E-state index in [4.69, 9.17) is 4.74 Å². The fraction of sp³-hybridized carbons (Fsp3) is 0.889. The molecule has 3 atom stereocenters. The molecule has 3 nitrogen and oxygen atoms in total. The van der Waals surface area contributed by atoms with Gasteiger partial charge in [0.05, 0.1) is 13.0 Å². The first kappa shape index (κ1) is 8.05. The van der Waals surface area contributed by atoms with Crippen molar-refractivity contribution < 1.29 is 9.53 Å². The molecule has 2 fully saturated rings. The van der Waals surface area contributed by atoms with Gasteiger partial charge in [0, 0.05) is 13.1 Å². The highest BCUT2D eigenvalue weighted by Crippen LogP contribution is 2.44. The number of rotatable bonds is 1. The van der Waals surface area contributed by atoms with Crippen LogP contribution in [0.2, 0.25) is 0 Å². The lowest BCUT2D eigenvalue weighted by Crippen LogP contribution is -2.35. The number of esters is 1. The van der Waals surface area contributed by atoms with Crippen molar-refractivity contribution in [1.82, 2.24) is 4.90 Å². The van der Waals surface area contributed by atoms with E-state index in [0.29, 0.717) is 0 Å². The van der Waals surface area contributed by atoms with Crippen LogP contribution in [-0.2, 0) is 9.53 Å². The summed E-state index contributed by atoms with van der Waals surface area (Å²) in [6.45, 7) is 5.33. The molecule has 68 valence electrons. The number of hydrogen-bond acceptors (Lipinski definition) is 3. The van der Waals surface area contributed by atoms with Crippen LogP contribution < -0.4 is 0 Å². The third-order valence-electron chi connectivity index (χ3n) is 3.35. The molecule has 3 unspecified atom stereocenters. The average molecular weight is 169 g/mol. The van der Waals surface area contributed by atoms with Crippen LogP contribution in [0.25, 0.3) is 0 Å². The molecule has 0 amide bonds. The van der Waals surface area contributed by atoms with Gasteiger partial charge in [0.15, 0.2) is 0 Å². The number of hydrogen-bond donors (Lipinski definition) is 0. The Labute approximate surface area is 72.7 Å². The Hall–Kier alpha value is -0.570. The van der Waals surface area contributed by atoms with E-state index in [-0.39, 0.29) is 17.3 Å². The zero-order valence-electron chi connectivity index (χ0n) is 7.67. The molecule has 0 radical (unpaired) electrons. The van der Waals surface area contributed by atoms with Gasteiger partial charge in [0.2, 0.25) is 0 Å². The molecular formula is C9H15NO2. The van der Waals surface area contributed by atoms with Gasteiger partial charge in [-0.3, -0.25) is 4.79 Å². The molecule has 2 aliphatic rings. The van der Waals surface area contributed by atoms with E-state index in [9.17, 15) is 4.79 Å². The SMILES string of the molecule is COC(=O)C1CN2CCC1(C)C2. The molecule has 0 aromatic heterocycles. The second kappa shape index (κ2) is 2.46. The molecule has 12 heavy (non-hydrogen) atoms. The predicted molar refractivity (Wildman–Crippen MR) is 44.7 cm³/mol. The van der Waals surface area contributed by atoms with Crippen LogP contribution in [0.4, 0.5) is 0 Å². The monoisotopic (exact) mass is 169 g/mol. The van der Waals surface area contributed by atoms with Crippen molar-refractivity contribution in [2.45, 2.75) is 13.3 Å². The quantitative estimate of drug-likeness (QED) is 0.535. The Morgan fingerprint density at radius 1 is 1.67 bits per heavy atom. The van der Waals surface area contributed by atoms with Crippen LogP contribution in [0, 0.1) is 11.3 Å². The summed E-state index contributed by atoms with van der Waals surface area (Å²) in [6.07, 6.45) is 1.15. The van der Waals surface area contributed by atoms with Crippen LogP contribution in [0.5, 0.6) is 0 Å². The van der Waals surface area contributed by atoms with Crippen molar-refractivity contribution in [3.63, 3.8) is 0 Å². The normalized spacial score (nSPS) is 44.8. The van der Waals surface area contributed by atoms with Crippen molar-refractivity contribution in [3.05, 3.63) is 0 Å². The summed E-state index contributed by atoms with van der Waals surface area (Å²) < 4.78 is 4.79. The molecule has 0 aromatic rings. The van der Waals surface area contributed by atoms with E-state index < -0.39 is 0 Å². The second-order valence-corrected chi connectivity index (χ2v) is 4.21. The zero-order valence-corrected chi connectivity index (χ0v) is 7.67. The molecule has 0 aliphatic carbocycles. The Morgan fingerprint density at radius 3 is 2.83 bits per heavy atom. The summed E-state index contributed by atoms with van der Waals surface area (Å²) in [7, 11) is 1.48. The van der Waals surface area contributed by atoms with Crippen molar-refractivity contribution >= 4 is 5.97 Å².